The molecule has 1 N–H and O–H groups in total. The first-order chi connectivity index (χ1) is 14.9. The van der Waals surface area contributed by atoms with Crippen molar-refractivity contribution in [2.75, 3.05) is 33.8 Å². The maximum absolute atomic E-state index is 12.9. The second-order valence-electron chi connectivity index (χ2n) is 8.85. The first-order valence-corrected chi connectivity index (χ1v) is 11.2. The Balaban J connectivity index is 1.41. The predicted molar refractivity (Wildman–Crippen MR) is 120 cm³/mol. The Morgan fingerprint density at radius 1 is 1.32 bits per heavy atom. The Morgan fingerprint density at radius 3 is 2.97 bits per heavy atom. The summed E-state index contributed by atoms with van der Waals surface area (Å²) in [5.74, 6) is 1.85. The molecule has 7 nitrogen and oxygen atoms in total. The lowest BCUT2D eigenvalue weighted by atomic mass is 9.95. The summed E-state index contributed by atoms with van der Waals surface area (Å²) >= 11 is 0. The Morgan fingerprint density at radius 2 is 2.16 bits per heavy atom. The number of amides is 1. The molecule has 0 spiro atoms. The normalized spacial score (nSPS) is 19.2. The quantitative estimate of drug-likeness (QED) is 0.798. The number of carbonyl (C=O) groups is 1. The topological polar surface area (TPSA) is 78.5 Å². The molecule has 3 heterocycles. The van der Waals surface area contributed by atoms with E-state index in [0.29, 0.717) is 25.9 Å². The zero-order valence-electron chi connectivity index (χ0n) is 18.7. The number of ether oxygens (including phenoxy) is 1. The number of fused-ring (bicyclic) bond motifs is 1. The minimum absolute atomic E-state index is 0.0247. The van der Waals surface area contributed by atoms with E-state index in [-0.39, 0.29) is 17.4 Å². The fourth-order valence-corrected chi connectivity index (χ4v) is 4.63. The van der Waals surface area contributed by atoms with Crippen molar-refractivity contribution in [3.63, 3.8) is 0 Å². The third kappa shape index (κ3) is 4.82. The zero-order valence-corrected chi connectivity index (χ0v) is 18.7. The summed E-state index contributed by atoms with van der Waals surface area (Å²) in [7, 11) is 3.69. The summed E-state index contributed by atoms with van der Waals surface area (Å²) in [4.78, 5) is 37.4. The van der Waals surface area contributed by atoms with E-state index in [1.165, 1.54) is 0 Å². The molecule has 1 aromatic carbocycles. The summed E-state index contributed by atoms with van der Waals surface area (Å²) in [6.07, 6.45) is 3.84. The number of nitrogens with one attached hydrogen (secondary N) is 1. The molecular formula is C24H32N4O3. The van der Waals surface area contributed by atoms with Gasteiger partial charge in [0.25, 0.3) is 5.56 Å². The van der Waals surface area contributed by atoms with E-state index in [9.17, 15) is 9.59 Å². The highest BCUT2D eigenvalue weighted by Crippen LogP contribution is 2.26. The molecule has 166 valence electrons. The molecule has 0 unspecified atom stereocenters. The molecule has 0 aliphatic carbocycles. The first-order valence-electron chi connectivity index (χ1n) is 11.2. The van der Waals surface area contributed by atoms with Gasteiger partial charge in [-0.05, 0) is 50.4 Å². The Kier molecular flexibility index (Phi) is 6.41. The third-order valence-electron chi connectivity index (χ3n) is 6.54. The van der Waals surface area contributed by atoms with Crippen LogP contribution in [0.15, 0.2) is 23.0 Å². The lowest BCUT2D eigenvalue weighted by Gasteiger charge is -2.33. The summed E-state index contributed by atoms with van der Waals surface area (Å²) in [5.41, 5.74) is 3.89. The number of nitrogens with zero attached hydrogens (tertiary/aromatic N) is 3. The molecule has 7 heteroatoms. The molecule has 1 fully saturated rings. The summed E-state index contributed by atoms with van der Waals surface area (Å²) in [6, 6.07) is 6.11. The predicted octanol–water partition coefficient (Wildman–Crippen LogP) is 2.41. The molecule has 1 atom stereocenters. The SMILES string of the molecule is COc1cc(CCC(=O)N2CCC[C@H](c3nc4c(c(=O)[nH]3)CN(C)CC4)C2)ccc1C. The molecule has 4 rings (SSSR count). The van der Waals surface area contributed by atoms with Gasteiger partial charge < -0.3 is 19.5 Å². The second kappa shape index (κ2) is 9.22. The number of hydrogen-bond donors (Lipinski definition) is 1. The smallest absolute Gasteiger partial charge is 0.255 e. The third-order valence-corrected chi connectivity index (χ3v) is 6.54. The lowest BCUT2D eigenvalue weighted by molar-refractivity contribution is -0.132. The summed E-state index contributed by atoms with van der Waals surface area (Å²) in [5, 5.41) is 0. The van der Waals surface area contributed by atoms with Crippen molar-refractivity contribution >= 4 is 5.91 Å². The number of likely N-dealkylation sites (tertiary alicyclic amines) is 1. The van der Waals surface area contributed by atoms with E-state index in [4.69, 9.17) is 9.72 Å². The van der Waals surface area contributed by atoms with Crippen LogP contribution in [-0.4, -0.2) is 59.5 Å². The van der Waals surface area contributed by atoms with Crippen molar-refractivity contribution in [3.8, 4) is 5.75 Å². The van der Waals surface area contributed by atoms with Crippen LogP contribution < -0.4 is 10.3 Å². The number of methoxy groups -OCH3 is 1. The van der Waals surface area contributed by atoms with E-state index in [1.807, 2.05) is 31.0 Å². The maximum atomic E-state index is 12.9. The van der Waals surface area contributed by atoms with Gasteiger partial charge in [0.15, 0.2) is 0 Å². The molecule has 0 radical (unpaired) electrons. The van der Waals surface area contributed by atoms with Gasteiger partial charge in [-0.3, -0.25) is 9.59 Å². The number of hydrogen-bond acceptors (Lipinski definition) is 5. The van der Waals surface area contributed by atoms with Crippen LogP contribution in [0.25, 0.3) is 0 Å². The number of aryl methyl sites for hydroxylation is 2. The van der Waals surface area contributed by atoms with Crippen molar-refractivity contribution in [2.45, 2.75) is 51.5 Å². The van der Waals surface area contributed by atoms with Crippen molar-refractivity contribution in [1.29, 1.82) is 0 Å². The molecule has 31 heavy (non-hydrogen) atoms. The van der Waals surface area contributed by atoms with Crippen molar-refractivity contribution < 1.29 is 9.53 Å². The highest BCUT2D eigenvalue weighted by molar-refractivity contribution is 5.76. The van der Waals surface area contributed by atoms with Crippen LogP contribution >= 0.6 is 0 Å². The van der Waals surface area contributed by atoms with Crippen LogP contribution in [0, 0.1) is 6.92 Å². The number of aromatic nitrogens is 2. The van der Waals surface area contributed by atoms with Gasteiger partial charge >= 0.3 is 0 Å². The average Bonchev–Trinajstić information content (AvgIpc) is 2.78. The van der Waals surface area contributed by atoms with Crippen molar-refractivity contribution in [3.05, 3.63) is 56.8 Å². The molecule has 1 aromatic heterocycles. The van der Waals surface area contributed by atoms with Gasteiger partial charge in [-0.15, -0.1) is 0 Å². The highest BCUT2D eigenvalue weighted by atomic mass is 16.5. The van der Waals surface area contributed by atoms with Crippen LogP contribution in [0.2, 0.25) is 0 Å². The average molecular weight is 425 g/mol. The second-order valence-corrected chi connectivity index (χ2v) is 8.85. The number of piperidine rings is 1. The zero-order chi connectivity index (χ0) is 22.0. The summed E-state index contributed by atoms with van der Waals surface area (Å²) < 4.78 is 5.39. The Hall–Kier alpha value is -2.67. The summed E-state index contributed by atoms with van der Waals surface area (Å²) in [6.45, 7) is 4.97. The van der Waals surface area contributed by atoms with Gasteiger partial charge in [0.1, 0.15) is 11.6 Å². The largest absolute Gasteiger partial charge is 0.496 e. The van der Waals surface area contributed by atoms with Crippen LogP contribution in [-0.2, 0) is 24.2 Å². The molecule has 0 bridgehead atoms. The number of likely N-dealkylation sites (N-methyl/N-ethyl adjacent to an activating group) is 1. The van der Waals surface area contributed by atoms with E-state index in [1.54, 1.807) is 7.11 Å². The standard InChI is InChI=1S/C24H32N4O3/c1-16-6-7-17(13-21(16)31-3)8-9-22(29)28-11-4-5-18(14-28)23-25-20-10-12-27(2)15-19(20)24(30)26-23/h6-7,13,18H,4-5,8-12,14-15H2,1-3H3,(H,25,26,30)/t18-/m0/s1. The fraction of sp³-hybridized carbons (Fsp3) is 0.542. The maximum Gasteiger partial charge on any atom is 0.255 e. The van der Waals surface area contributed by atoms with Crippen molar-refractivity contribution in [2.24, 2.45) is 0 Å². The van der Waals surface area contributed by atoms with Crippen LogP contribution in [0.3, 0.4) is 0 Å². The lowest BCUT2D eigenvalue weighted by Crippen LogP contribution is -2.41. The van der Waals surface area contributed by atoms with Crippen LogP contribution in [0.5, 0.6) is 5.75 Å². The van der Waals surface area contributed by atoms with Crippen LogP contribution in [0.1, 0.15) is 53.4 Å². The number of aromatic amines is 1. The molecule has 0 saturated carbocycles. The Labute approximate surface area is 183 Å². The number of rotatable bonds is 5. The van der Waals surface area contributed by atoms with E-state index in [0.717, 1.165) is 66.3 Å². The molecule has 2 aliphatic rings. The fourth-order valence-electron chi connectivity index (χ4n) is 4.63. The molecular weight excluding hydrogens is 392 g/mol. The first kappa shape index (κ1) is 21.6. The minimum atomic E-state index is -0.0247. The number of H-pyrrole nitrogens is 1. The van der Waals surface area contributed by atoms with Gasteiger partial charge in [-0.25, -0.2) is 4.98 Å². The van der Waals surface area contributed by atoms with Gasteiger partial charge in [0.2, 0.25) is 5.91 Å². The highest BCUT2D eigenvalue weighted by Gasteiger charge is 2.28. The van der Waals surface area contributed by atoms with E-state index in [2.05, 4.69) is 16.0 Å². The number of carbonyl (C=O) groups excluding carboxylic acids is 1. The van der Waals surface area contributed by atoms with Gasteiger partial charge in [0.05, 0.1) is 18.4 Å². The van der Waals surface area contributed by atoms with Gasteiger partial charge in [0, 0.05) is 44.9 Å². The molecule has 1 amide bonds. The molecule has 1 saturated heterocycles. The molecule has 2 aliphatic heterocycles. The Bertz CT molecular complexity index is 1020. The monoisotopic (exact) mass is 424 g/mol. The van der Waals surface area contributed by atoms with Gasteiger partial charge in [-0.1, -0.05) is 12.1 Å². The minimum Gasteiger partial charge on any atom is -0.496 e. The van der Waals surface area contributed by atoms with Crippen molar-refractivity contribution in [1.82, 2.24) is 19.8 Å². The van der Waals surface area contributed by atoms with Crippen LogP contribution in [0.4, 0.5) is 0 Å². The number of benzene rings is 1. The van der Waals surface area contributed by atoms with E-state index < -0.39 is 0 Å². The van der Waals surface area contributed by atoms with Gasteiger partial charge in [-0.2, -0.15) is 0 Å². The van der Waals surface area contributed by atoms with E-state index >= 15 is 0 Å². The molecule has 2 aromatic rings.